The highest BCUT2D eigenvalue weighted by Gasteiger charge is 2.05. The molecule has 6 heteroatoms. The number of aromatic nitrogens is 3. The summed E-state index contributed by atoms with van der Waals surface area (Å²) in [6.07, 6.45) is 0.727. The first-order valence-electron chi connectivity index (χ1n) is 7.30. The van der Waals surface area contributed by atoms with Crippen molar-refractivity contribution in [3.63, 3.8) is 0 Å². The predicted octanol–water partition coefficient (Wildman–Crippen LogP) is 2.07. The zero-order valence-electron chi connectivity index (χ0n) is 12.6. The molecule has 0 atom stereocenters. The van der Waals surface area contributed by atoms with Crippen LogP contribution in [0.5, 0.6) is 0 Å². The number of H-pyrrole nitrogens is 1. The average Bonchev–Trinajstić information content (AvgIpc) is 2.96. The average molecular weight is 298 g/mol. The second-order valence-corrected chi connectivity index (χ2v) is 5.25. The van der Waals surface area contributed by atoms with Crippen molar-refractivity contribution in [2.24, 2.45) is 0 Å². The Labute approximate surface area is 127 Å². The normalized spacial score (nSPS) is 11.2. The van der Waals surface area contributed by atoms with E-state index in [1.165, 1.54) is 0 Å². The lowest BCUT2D eigenvalue weighted by Gasteiger charge is -2.05. The van der Waals surface area contributed by atoms with E-state index in [1.807, 2.05) is 32.0 Å². The molecule has 2 aromatic heterocycles. The first-order valence-corrected chi connectivity index (χ1v) is 7.30. The van der Waals surface area contributed by atoms with Gasteiger partial charge in [-0.15, -0.1) is 10.2 Å². The van der Waals surface area contributed by atoms with E-state index in [2.05, 4.69) is 20.5 Å². The molecule has 1 aromatic carbocycles. The number of rotatable bonds is 5. The first-order chi connectivity index (χ1) is 10.7. The number of hydrogen-bond acceptors (Lipinski definition) is 5. The number of nitrogens with one attached hydrogen (secondary N) is 2. The van der Waals surface area contributed by atoms with Crippen molar-refractivity contribution in [2.45, 2.75) is 33.4 Å². The minimum atomic E-state index is 0.0281. The zero-order chi connectivity index (χ0) is 15.5. The highest BCUT2D eigenvalue weighted by molar-refractivity contribution is 5.79. The molecule has 0 fully saturated rings. The lowest BCUT2D eigenvalue weighted by atomic mass is 10.1. The summed E-state index contributed by atoms with van der Waals surface area (Å²) in [5.74, 6) is 1.18. The molecular weight excluding hydrogens is 280 g/mol. The lowest BCUT2D eigenvalue weighted by molar-refractivity contribution is 0.435. The van der Waals surface area contributed by atoms with Crippen LogP contribution in [0.25, 0.3) is 10.9 Å². The number of pyridine rings is 1. The molecule has 0 aliphatic carbocycles. The van der Waals surface area contributed by atoms with E-state index >= 15 is 0 Å². The summed E-state index contributed by atoms with van der Waals surface area (Å²) >= 11 is 0. The van der Waals surface area contributed by atoms with Crippen LogP contribution >= 0.6 is 0 Å². The second kappa shape index (κ2) is 6.11. The van der Waals surface area contributed by atoms with Gasteiger partial charge in [-0.2, -0.15) is 0 Å². The molecule has 114 valence electrons. The maximum Gasteiger partial charge on any atom is 0.230 e. The van der Waals surface area contributed by atoms with Crippen LogP contribution < -0.4 is 10.7 Å². The van der Waals surface area contributed by atoms with Crippen molar-refractivity contribution < 1.29 is 4.42 Å². The molecule has 0 spiro atoms. The number of benzene rings is 1. The fourth-order valence-electron chi connectivity index (χ4n) is 2.32. The number of aromatic amines is 1. The number of nitrogens with zero attached hydrogens (tertiary/aromatic N) is 2. The van der Waals surface area contributed by atoms with E-state index in [0.717, 1.165) is 23.2 Å². The molecule has 0 bridgehead atoms. The van der Waals surface area contributed by atoms with Crippen LogP contribution in [0.2, 0.25) is 0 Å². The van der Waals surface area contributed by atoms with Crippen LogP contribution in [-0.2, 0) is 19.5 Å². The highest BCUT2D eigenvalue weighted by atomic mass is 16.4. The Balaban J connectivity index is 1.71. The van der Waals surface area contributed by atoms with Gasteiger partial charge in [0, 0.05) is 35.6 Å². The van der Waals surface area contributed by atoms with Crippen LogP contribution in [0.1, 0.15) is 30.0 Å². The van der Waals surface area contributed by atoms with Gasteiger partial charge in [-0.1, -0.05) is 18.6 Å². The van der Waals surface area contributed by atoms with E-state index in [9.17, 15) is 4.79 Å². The summed E-state index contributed by atoms with van der Waals surface area (Å²) in [5.41, 5.74) is 2.78. The van der Waals surface area contributed by atoms with Crippen molar-refractivity contribution >= 4 is 10.9 Å². The van der Waals surface area contributed by atoms with Gasteiger partial charge in [0.2, 0.25) is 11.8 Å². The maximum atomic E-state index is 12.1. The topological polar surface area (TPSA) is 83.8 Å². The smallest absolute Gasteiger partial charge is 0.230 e. The third-order valence-electron chi connectivity index (χ3n) is 3.44. The molecule has 3 aromatic rings. The van der Waals surface area contributed by atoms with Crippen molar-refractivity contribution in [2.75, 3.05) is 0 Å². The molecule has 6 nitrogen and oxygen atoms in total. The van der Waals surface area contributed by atoms with E-state index < -0.39 is 0 Å². The Morgan fingerprint density at radius 2 is 2.00 bits per heavy atom. The summed E-state index contributed by atoms with van der Waals surface area (Å²) < 4.78 is 5.42. The molecule has 0 aliphatic rings. The molecule has 2 N–H and O–H groups in total. The number of aryl methyl sites for hydroxylation is 2. The Bertz CT molecular complexity index is 851. The summed E-state index contributed by atoms with van der Waals surface area (Å²) in [6, 6.07) is 7.44. The summed E-state index contributed by atoms with van der Waals surface area (Å²) in [5, 5.41) is 11.8. The zero-order valence-corrected chi connectivity index (χ0v) is 12.6. The van der Waals surface area contributed by atoms with E-state index in [0.29, 0.717) is 30.3 Å². The minimum Gasteiger partial charge on any atom is -0.424 e. The largest absolute Gasteiger partial charge is 0.424 e. The van der Waals surface area contributed by atoms with E-state index in [-0.39, 0.29) is 5.43 Å². The summed E-state index contributed by atoms with van der Waals surface area (Å²) in [7, 11) is 0. The van der Waals surface area contributed by atoms with E-state index in [4.69, 9.17) is 4.42 Å². The second-order valence-electron chi connectivity index (χ2n) is 5.25. The SMILES string of the molecule is CCc1nnc(CNCc2cc(=O)c3cc(C)ccc3[nH]2)o1. The Kier molecular flexibility index (Phi) is 4.02. The van der Waals surface area contributed by atoms with Crippen LogP contribution in [0.15, 0.2) is 33.5 Å². The molecule has 3 rings (SSSR count). The Hall–Kier alpha value is -2.47. The molecular formula is C16H18N4O2. The van der Waals surface area contributed by atoms with Gasteiger partial charge in [-0.3, -0.25) is 4.79 Å². The van der Waals surface area contributed by atoms with Gasteiger partial charge in [-0.25, -0.2) is 0 Å². The number of fused-ring (bicyclic) bond motifs is 1. The fourth-order valence-corrected chi connectivity index (χ4v) is 2.32. The molecule has 0 amide bonds. The molecule has 0 saturated carbocycles. The van der Waals surface area contributed by atoms with Crippen LogP contribution in [0.4, 0.5) is 0 Å². The van der Waals surface area contributed by atoms with Crippen LogP contribution in [0.3, 0.4) is 0 Å². The van der Waals surface area contributed by atoms with Crippen molar-refractivity contribution in [3.05, 3.63) is 57.5 Å². The standard InChI is InChI=1S/C16H18N4O2/c1-3-15-19-20-16(22-15)9-17-8-11-7-14(21)12-6-10(2)4-5-13(12)18-11/h4-7,17H,3,8-9H2,1-2H3,(H,18,21). The number of hydrogen-bond donors (Lipinski definition) is 2. The van der Waals surface area contributed by atoms with Gasteiger partial charge in [0.05, 0.1) is 6.54 Å². The van der Waals surface area contributed by atoms with Gasteiger partial charge in [-0.05, 0) is 19.1 Å². The van der Waals surface area contributed by atoms with Crippen molar-refractivity contribution in [1.29, 1.82) is 0 Å². The van der Waals surface area contributed by atoms with Crippen LogP contribution in [-0.4, -0.2) is 15.2 Å². The summed E-state index contributed by atoms with van der Waals surface area (Å²) in [4.78, 5) is 15.4. The third-order valence-corrected chi connectivity index (χ3v) is 3.44. The van der Waals surface area contributed by atoms with Crippen LogP contribution in [0, 0.1) is 6.92 Å². The van der Waals surface area contributed by atoms with Gasteiger partial charge in [0.1, 0.15) is 0 Å². The van der Waals surface area contributed by atoms with E-state index in [1.54, 1.807) is 6.07 Å². The van der Waals surface area contributed by atoms with Gasteiger partial charge in [0.15, 0.2) is 5.43 Å². The third kappa shape index (κ3) is 3.07. The summed E-state index contributed by atoms with van der Waals surface area (Å²) in [6.45, 7) is 4.94. The predicted molar refractivity (Wildman–Crippen MR) is 83.5 cm³/mol. The van der Waals surface area contributed by atoms with Gasteiger partial charge in [0.25, 0.3) is 0 Å². The van der Waals surface area contributed by atoms with Gasteiger partial charge < -0.3 is 14.7 Å². The molecule has 22 heavy (non-hydrogen) atoms. The van der Waals surface area contributed by atoms with Gasteiger partial charge >= 0.3 is 0 Å². The molecule has 0 radical (unpaired) electrons. The Morgan fingerprint density at radius 1 is 1.18 bits per heavy atom. The minimum absolute atomic E-state index is 0.0281. The molecule has 0 aliphatic heterocycles. The molecule has 2 heterocycles. The fraction of sp³-hybridized carbons (Fsp3) is 0.312. The Morgan fingerprint density at radius 3 is 2.77 bits per heavy atom. The molecule has 0 unspecified atom stereocenters. The highest BCUT2D eigenvalue weighted by Crippen LogP contribution is 2.10. The monoisotopic (exact) mass is 298 g/mol. The molecule has 0 saturated heterocycles. The van der Waals surface area contributed by atoms with Crippen molar-refractivity contribution in [3.8, 4) is 0 Å². The maximum absolute atomic E-state index is 12.1. The van der Waals surface area contributed by atoms with Crippen molar-refractivity contribution in [1.82, 2.24) is 20.5 Å². The lowest BCUT2D eigenvalue weighted by Crippen LogP contribution is -2.16. The quantitative estimate of drug-likeness (QED) is 0.753. The first kappa shape index (κ1) is 14.5.